The van der Waals surface area contributed by atoms with Crippen molar-refractivity contribution in [3.05, 3.63) is 100.0 Å². The highest BCUT2D eigenvalue weighted by Gasteiger charge is 2.15. The average Bonchev–Trinajstić information content (AvgIpc) is 2.64. The molecule has 0 atom stereocenters. The second-order valence-corrected chi connectivity index (χ2v) is 5.85. The highest BCUT2D eigenvalue weighted by atomic mass is 16.2. The van der Waals surface area contributed by atoms with Crippen LogP contribution in [0.5, 0.6) is 0 Å². The molecule has 0 bridgehead atoms. The molecule has 5 nitrogen and oxygen atoms in total. The molecule has 1 aromatic heterocycles. The Morgan fingerprint density at radius 3 is 2.16 bits per heavy atom. The van der Waals surface area contributed by atoms with E-state index < -0.39 is 0 Å². The zero-order valence-electron chi connectivity index (χ0n) is 14.0. The maximum atomic E-state index is 12.6. The van der Waals surface area contributed by atoms with Crippen molar-refractivity contribution in [3.8, 4) is 0 Å². The molecule has 0 unspecified atom stereocenters. The molecule has 0 saturated heterocycles. The van der Waals surface area contributed by atoms with Gasteiger partial charge in [-0.05, 0) is 17.2 Å². The predicted molar refractivity (Wildman–Crippen MR) is 96.3 cm³/mol. The Kier molecular flexibility index (Phi) is 5.04. The second-order valence-electron chi connectivity index (χ2n) is 5.85. The van der Waals surface area contributed by atoms with E-state index in [0.29, 0.717) is 13.1 Å². The van der Waals surface area contributed by atoms with Gasteiger partial charge in [0, 0.05) is 19.7 Å². The highest BCUT2D eigenvalue weighted by Crippen LogP contribution is 2.06. The molecular formula is C20H19N3O2. The van der Waals surface area contributed by atoms with E-state index in [0.717, 1.165) is 11.1 Å². The first kappa shape index (κ1) is 16.6. The molecule has 0 spiro atoms. The van der Waals surface area contributed by atoms with Gasteiger partial charge in [0.2, 0.25) is 0 Å². The fourth-order valence-electron chi connectivity index (χ4n) is 2.56. The summed E-state index contributed by atoms with van der Waals surface area (Å²) < 4.78 is 1.32. The number of hydrogen-bond acceptors (Lipinski definition) is 3. The van der Waals surface area contributed by atoms with Crippen LogP contribution in [0.1, 0.15) is 21.6 Å². The Labute approximate surface area is 146 Å². The van der Waals surface area contributed by atoms with E-state index >= 15 is 0 Å². The van der Waals surface area contributed by atoms with Crippen molar-refractivity contribution in [1.29, 1.82) is 0 Å². The van der Waals surface area contributed by atoms with E-state index in [9.17, 15) is 9.59 Å². The van der Waals surface area contributed by atoms with Gasteiger partial charge in [0.15, 0.2) is 0 Å². The van der Waals surface area contributed by atoms with Crippen LogP contribution in [0.15, 0.2) is 77.6 Å². The fourth-order valence-corrected chi connectivity index (χ4v) is 2.56. The SMILES string of the molecule is CN(Cc1ccccc1)C(=O)c1ccc(=O)n(Cc2ccccc2)n1. The maximum absolute atomic E-state index is 12.6. The number of amides is 1. The highest BCUT2D eigenvalue weighted by molar-refractivity contribution is 5.91. The molecule has 25 heavy (non-hydrogen) atoms. The summed E-state index contributed by atoms with van der Waals surface area (Å²) in [5, 5.41) is 4.24. The van der Waals surface area contributed by atoms with E-state index in [1.54, 1.807) is 11.9 Å². The van der Waals surface area contributed by atoms with Crippen molar-refractivity contribution in [2.45, 2.75) is 13.1 Å². The number of carbonyl (C=O) groups excluding carboxylic acids is 1. The van der Waals surface area contributed by atoms with Gasteiger partial charge in [0.25, 0.3) is 11.5 Å². The Morgan fingerprint density at radius 2 is 1.52 bits per heavy atom. The summed E-state index contributed by atoms with van der Waals surface area (Å²) in [5.41, 5.74) is 2.02. The van der Waals surface area contributed by atoms with Crippen molar-refractivity contribution in [1.82, 2.24) is 14.7 Å². The van der Waals surface area contributed by atoms with E-state index in [4.69, 9.17) is 0 Å². The largest absolute Gasteiger partial charge is 0.336 e. The zero-order chi connectivity index (χ0) is 17.6. The molecule has 126 valence electrons. The van der Waals surface area contributed by atoms with Crippen molar-refractivity contribution < 1.29 is 4.79 Å². The minimum Gasteiger partial charge on any atom is -0.336 e. The smallest absolute Gasteiger partial charge is 0.274 e. The molecule has 3 aromatic rings. The summed E-state index contributed by atoms with van der Waals surface area (Å²) in [6.45, 7) is 0.822. The first-order chi connectivity index (χ1) is 12.1. The lowest BCUT2D eigenvalue weighted by atomic mass is 10.2. The van der Waals surface area contributed by atoms with Gasteiger partial charge in [0.1, 0.15) is 5.69 Å². The Bertz CT molecular complexity index is 905. The zero-order valence-corrected chi connectivity index (χ0v) is 14.0. The van der Waals surface area contributed by atoms with Crippen LogP contribution in [0.2, 0.25) is 0 Å². The van der Waals surface area contributed by atoms with Gasteiger partial charge in [0.05, 0.1) is 6.54 Å². The molecule has 0 saturated carbocycles. The van der Waals surface area contributed by atoms with E-state index in [1.807, 2.05) is 60.7 Å². The summed E-state index contributed by atoms with van der Waals surface area (Å²) in [6, 6.07) is 22.2. The molecule has 0 aliphatic heterocycles. The number of nitrogens with zero attached hydrogens (tertiary/aromatic N) is 3. The molecule has 5 heteroatoms. The Hall–Kier alpha value is -3.21. The normalized spacial score (nSPS) is 10.4. The number of benzene rings is 2. The molecule has 0 radical (unpaired) electrons. The Balaban J connectivity index is 1.79. The Morgan fingerprint density at radius 1 is 0.920 bits per heavy atom. The van der Waals surface area contributed by atoms with E-state index in [2.05, 4.69) is 5.10 Å². The van der Waals surface area contributed by atoms with Crippen LogP contribution >= 0.6 is 0 Å². The molecule has 1 amide bonds. The molecular weight excluding hydrogens is 314 g/mol. The van der Waals surface area contributed by atoms with Crippen LogP contribution in [0.4, 0.5) is 0 Å². The number of aromatic nitrogens is 2. The van der Waals surface area contributed by atoms with Crippen LogP contribution in [-0.2, 0) is 13.1 Å². The van der Waals surface area contributed by atoms with Crippen LogP contribution in [0, 0.1) is 0 Å². The third-order valence-corrected chi connectivity index (χ3v) is 3.87. The lowest BCUT2D eigenvalue weighted by molar-refractivity contribution is 0.0776. The fraction of sp³-hybridized carbons (Fsp3) is 0.150. The van der Waals surface area contributed by atoms with Crippen molar-refractivity contribution in [2.24, 2.45) is 0 Å². The second kappa shape index (κ2) is 7.57. The maximum Gasteiger partial charge on any atom is 0.274 e. The minimum absolute atomic E-state index is 0.217. The number of carbonyl (C=O) groups is 1. The van der Waals surface area contributed by atoms with E-state index in [1.165, 1.54) is 16.8 Å². The average molecular weight is 333 g/mol. The van der Waals surface area contributed by atoms with Gasteiger partial charge >= 0.3 is 0 Å². The number of hydrogen-bond donors (Lipinski definition) is 0. The van der Waals surface area contributed by atoms with Crippen LogP contribution in [0.3, 0.4) is 0 Å². The molecule has 0 N–H and O–H groups in total. The predicted octanol–water partition coefficient (Wildman–Crippen LogP) is 2.56. The summed E-state index contributed by atoms with van der Waals surface area (Å²) >= 11 is 0. The monoisotopic (exact) mass is 333 g/mol. The third-order valence-electron chi connectivity index (χ3n) is 3.87. The van der Waals surface area contributed by atoms with Gasteiger partial charge in [-0.15, -0.1) is 0 Å². The molecule has 2 aromatic carbocycles. The molecule has 0 fully saturated rings. The van der Waals surface area contributed by atoms with Crippen LogP contribution in [-0.4, -0.2) is 27.6 Å². The molecule has 0 aliphatic carbocycles. The van der Waals surface area contributed by atoms with Gasteiger partial charge < -0.3 is 4.90 Å². The summed E-state index contributed by atoms with van der Waals surface area (Å²) in [7, 11) is 1.73. The molecule has 0 aliphatic rings. The third kappa shape index (κ3) is 4.20. The minimum atomic E-state index is -0.230. The van der Waals surface area contributed by atoms with Gasteiger partial charge in [-0.2, -0.15) is 5.10 Å². The molecule has 3 rings (SSSR count). The topological polar surface area (TPSA) is 55.2 Å². The lowest BCUT2D eigenvalue weighted by Crippen LogP contribution is -2.31. The van der Waals surface area contributed by atoms with Crippen LogP contribution < -0.4 is 5.56 Å². The summed E-state index contributed by atoms with van der Waals surface area (Å²) in [6.07, 6.45) is 0. The quantitative estimate of drug-likeness (QED) is 0.721. The van der Waals surface area contributed by atoms with Crippen molar-refractivity contribution >= 4 is 5.91 Å². The standard InChI is InChI=1S/C20H19N3O2/c1-22(14-16-8-4-2-5-9-16)20(25)18-12-13-19(24)23(21-18)15-17-10-6-3-7-11-17/h2-13H,14-15H2,1H3. The summed E-state index contributed by atoms with van der Waals surface area (Å²) in [5.74, 6) is -0.217. The van der Waals surface area contributed by atoms with Gasteiger partial charge in [-0.1, -0.05) is 60.7 Å². The lowest BCUT2D eigenvalue weighted by Gasteiger charge is -2.17. The number of rotatable bonds is 5. The molecule has 1 heterocycles. The first-order valence-corrected chi connectivity index (χ1v) is 8.05. The van der Waals surface area contributed by atoms with E-state index in [-0.39, 0.29) is 17.2 Å². The first-order valence-electron chi connectivity index (χ1n) is 8.05. The van der Waals surface area contributed by atoms with Gasteiger partial charge in [-0.3, -0.25) is 9.59 Å². The van der Waals surface area contributed by atoms with Crippen LogP contribution in [0.25, 0.3) is 0 Å². The van der Waals surface area contributed by atoms with Gasteiger partial charge in [-0.25, -0.2) is 4.68 Å². The van der Waals surface area contributed by atoms with Crippen molar-refractivity contribution in [2.75, 3.05) is 7.05 Å². The summed E-state index contributed by atoms with van der Waals surface area (Å²) in [4.78, 5) is 26.2. The van der Waals surface area contributed by atoms with Crippen molar-refractivity contribution in [3.63, 3.8) is 0 Å².